The van der Waals surface area contributed by atoms with E-state index in [-0.39, 0.29) is 12.5 Å². The number of hydrogen-bond donors (Lipinski definition) is 2. The summed E-state index contributed by atoms with van der Waals surface area (Å²) in [5.74, 6) is 0.560. The lowest BCUT2D eigenvalue weighted by Gasteiger charge is -2.13. The van der Waals surface area contributed by atoms with Crippen LogP contribution in [-0.4, -0.2) is 19.1 Å². The van der Waals surface area contributed by atoms with Crippen molar-refractivity contribution in [1.82, 2.24) is 0 Å². The summed E-state index contributed by atoms with van der Waals surface area (Å²) >= 11 is 11.8. The van der Waals surface area contributed by atoms with Crippen LogP contribution in [0.4, 0.5) is 11.4 Å². The number of rotatable bonds is 8. The Morgan fingerprint density at radius 2 is 1.92 bits per heavy atom. The molecular weight excluding hydrogens is 347 g/mol. The quantitative estimate of drug-likeness (QED) is 0.629. The van der Waals surface area contributed by atoms with Crippen molar-refractivity contribution in [3.8, 4) is 5.75 Å². The van der Waals surface area contributed by atoms with Crippen LogP contribution in [-0.2, 0) is 4.79 Å². The molecule has 0 aliphatic heterocycles. The minimum Gasteiger partial charge on any atom is -0.491 e. The van der Waals surface area contributed by atoms with Crippen molar-refractivity contribution in [3.05, 3.63) is 52.5 Å². The Balaban J connectivity index is 1.90. The topological polar surface area (TPSA) is 50.4 Å². The molecule has 2 aromatic carbocycles. The van der Waals surface area contributed by atoms with Crippen LogP contribution in [0.15, 0.2) is 42.5 Å². The average molecular weight is 367 g/mol. The summed E-state index contributed by atoms with van der Waals surface area (Å²) in [5.41, 5.74) is 1.39. The Bertz CT molecular complexity index is 692. The van der Waals surface area contributed by atoms with E-state index in [0.29, 0.717) is 22.3 Å². The Labute approximate surface area is 152 Å². The second kappa shape index (κ2) is 9.40. The lowest BCUT2D eigenvalue weighted by atomic mass is 10.3. The summed E-state index contributed by atoms with van der Waals surface area (Å²) in [5, 5.41) is 6.71. The van der Waals surface area contributed by atoms with Crippen molar-refractivity contribution < 1.29 is 9.53 Å². The molecule has 0 unspecified atom stereocenters. The first-order valence-corrected chi connectivity index (χ1v) is 8.56. The van der Waals surface area contributed by atoms with Gasteiger partial charge in [0.1, 0.15) is 5.75 Å². The van der Waals surface area contributed by atoms with E-state index in [1.165, 1.54) is 0 Å². The highest BCUT2D eigenvalue weighted by Crippen LogP contribution is 2.25. The maximum Gasteiger partial charge on any atom is 0.243 e. The minimum atomic E-state index is -0.184. The van der Waals surface area contributed by atoms with E-state index in [1.807, 2.05) is 24.3 Å². The van der Waals surface area contributed by atoms with Gasteiger partial charge in [-0.1, -0.05) is 48.7 Å². The largest absolute Gasteiger partial charge is 0.491 e. The van der Waals surface area contributed by atoms with Gasteiger partial charge >= 0.3 is 0 Å². The van der Waals surface area contributed by atoms with Crippen LogP contribution in [0.25, 0.3) is 0 Å². The maximum absolute atomic E-state index is 12.1. The lowest BCUT2D eigenvalue weighted by Crippen LogP contribution is -2.22. The third-order valence-corrected chi connectivity index (χ3v) is 4.02. The molecule has 6 heteroatoms. The second-order valence-corrected chi connectivity index (χ2v) is 6.04. The highest BCUT2D eigenvalue weighted by Gasteiger charge is 2.07. The normalized spacial score (nSPS) is 10.3. The summed E-state index contributed by atoms with van der Waals surface area (Å²) in [4.78, 5) is 12.1. The molecule has 2 rings (SSSR count). The van der Waals surface area contributed by atoms with Crippen molar-refractivity contribution in [1.29, 1.82) is 0 Å². The molecule has 4 nitrogen and oxygen atoms in total. The third kappa shape index (κ3) is 5.62. The molecule has 24 heavy (non-hydrogen) atoms. The lowest BCUT2D eigenvalue weighted by molar-refractivity contribution is -0.114. The summed E-state index contributed by atoms with van der Waals surface area (Å²) < 4.78 is 5.73. The maximum atomic E-state index is 12.1. The molecule has 2 N–H and O–H groups in total. The number of carbonyl (C=O) groups excluding carboxylic acids is 1. The van der Waals surface area contributed by atoms with Gasteiger partial charge in [-0.25, -0.2) is 0 Å². The molecule has 0 bridgehead atoms. The molecule has 0 aliphatic carbocycles. The van der Waals surface area contributed by atoms with Crippen LogP contribution in [0, 0.1) is 0 Å². The molecule has 128 valence electrons. The molecule has 0 spiro atoms. The van der Waals surface area contributed by atoms with Gasteiger partial charge in [0.25, 0.3) is 0 Å². The zero-order chi connectivity index (χ0) is 17.4. The molecule has 0 aromatic heterocycles. The van der Waals surface area contributed by atoms with Crippen LogP contribution >= 0.6 is 23.2 Å². The van der Waals surface area contributed by atoms with Gasteiger partial charge in [0, 0.05) is 5.69 Å². The van der Waals surface area contributed by atoms with E-state index >= 15 is 0 Å². The van der Waals surface area contributed by atoms with Gasteiger partial charge in [-0.15, -0.1) is 0 Å². The van der Waals surface area contributed by atoms with Crippen molar-refractivity contribution >= 4 is 40.5 Å². The predicted molar refractivity (Wildman–Crippen MR) is 100 cm³/mol. The van der Waals surface area contributed by atoms with Crippen LogP contribution in [0.1, 0.15) is 19.8 Å². The number of unbranched alkanes of at least 4 members (excludes halogenated alkanes) is 1. The van der Waals surface area contributed by atoms with E-state index in [4.69, 9.17) is 27.9 Å². The molecule has 0 atom stereocenters. The summed E-state index contributed by atoms with van der Waals surface area (Å²) in [6.45, 7) is 2.89. The van der Waals surface area contributed by atoms with Gasteiger partial charge in [-0.05, 0) is 36.8 Å². The molecule has 0 saturated carbocycles. The smallest absolute Gasteiger partial charge is 0.243 e. The number of amides is 1. The standard InChI is InChI=1S/C18H20Cl2N2O2/c1-2-3-10-24-17-7-5-4-6-16(17)21-12-18(23)22-13-8-9-14(19)15(20)11-13/h4-9,11,21H,2-3,10,12H2,1H3,(H,22,23). The van der Waals surface area contributed by atoms with Crippen LogP contribution in [0.2, 0.25) is 10.0 Å². The third-order valence-electron chi connectivity index (χ3n) is 3.29. The molecule has 0 radical (unpaired) electrons. The Hall–Kier alpha value is -1.91. The second-order valence-electron chi connectivity index (χ2n) is 5.23. The highest BCUT2D eigenvalue weighted by molar-refractivity contribution is 6.42. The number of ether oxygens (including phenoxy) is 1. The molecule has 1 amide bonds. The number of para-hydroxylation sites is 2. The first-order chi connectivity index (χ1) is 11.6. The fourth-order valence-electron chi connectivity index (χ4n) is 2.02. The van der Waals surface area contributed by atoms with E-state index in [0.717, 1.165) is 24.3 Å². The van der Waals surface area contributed by atoms with Crippen molar-refractivity contribution in [2.75, 3.05) is 23.8 Å². The number of nitrogens with one attached hydrogen (secondary N) is 2. The predicted octanol–water partition coefficient (Wildman–Crippen LogP) is 5.22. The number of carbonyl (C=O) groups is 1. The van der Waals surface area contributed by atoms with Crippen LogP contribution < -0.4 is 15.4 Å². The van der Waals surface area contributed by atoms with E-state index in [1.54, 1.807) is 18.2 Å². The molecule has 0 aliphatic rings. The molecule has 0 saturated heterocycles. The number of halogens is 2. The Morgan fingerprint density at radius 1 is 1.12 bits per heavy atom. The van der Waals surface area contributed by atoms with Crippen molar-refractivity contribution in [2.45, 2.75) is 19.8 Å². The van der Waals surface area contributed by atoms with E-state index in [2.05, 4.69) is 17.6 Å². The van der Waals surface area contributed by atoms with Gasteiger partial charge in [0.05, 0.1) is 28.9 Å². The first-order valence-electron chi connectivity index (χ1n) is 7.80. The van der Waals surface area contributed by atoms with Crippen LogP contribution in [0.5, 0.6) is 5.75 Å². The molecular formula is C18H20Cl2N2O2. The monoisotopic (exact) mass is 366 g/mol. The van der Waals surface area contributed by atoms with Gasteiger partial charge in [0.15, 0.2) is 0 Å². The van der Waals surface area contributed by atoms with Crippen LogP contribution in [0.3, 0.4) is 0 Å². The molecule has 2 aromatic rings. The Morgan fingerprint density at radius 3 is 2.67 bits per heavy atom. The summed E-state index contributed by atoms with van der Waals surface area (Å²) in [6.07, 6.45) is 2.06. The molecule has 0 heterocycles. The van der Waals surface area contributed by atoms with Gasteiger partial charge in [-0.2, -0.15) is 0 Å². The van der Waals surface area contributed by atoms with Gasteiger partial charge in [0.2, 0.25) is 5.91 Å². The average Bonchev–Trinajstić information content (AvgIpc) is 2.57. The van der Waals surface area contributed by atoms with Gasteiger partial charge in [-0.3, -0.25) is 4.79 Å². The van der Waals surface area contributed by atoms with E-state index < -0.39 is 0 Å². The summed E-state index contributed by atoms with van der Waals surface area (Å²) in [6, 6.07) is 12.5. The fourth-order valence-corrected chi connectivity index (χ4v) is 2.32. The zero-order valence-corrected chi connectivity index (χ0v) is 15.0. The van der Waals surface area contributed by atoms with Gasteiger partial charge < -0.3 is 15.4 Å². The van der Waals surface area contributed by atoms with E-state index in [9.17, 15) is 4.79 Å². The minimum absolute atomic E-state index is 0.119. The number of hydrogen-bond acceptors (Lipinski definition) is 3. The van der Waals surface area contributed by atoms with Crippen molar-refractivity contribution in [2.24, 2.45) is 0 Å². The summed E-state index contributed by atoms with van der Waals surface area (Å²) in [7, 11) is 0. The zero-order valence-electron chi connectivity index (χ0n) is 13.4. The first kappa shape index (κ1) is 18.4. The Kier molecular flexibility index (Phi) is 7.22. The SMILES string of the molecule is CCCCOc1ccccc1NCC(=O)Nc1ccc(Cl)c(Cl)c1. The molecule has 0 fully saturated rings. The fraction of sp³-hybridized carbons (Fsp3) is 0.278. The number of benzene rings is 2. The van der Waals surface area contributed by atoms with Crippen molar-refractivity contribution in [3.63, 3.8) is 0 Å². The highest BCUT2D eigenvalue weighted by atomic mass is 35.5. The number of anilines is 2.